The molecule has 9 heteroatoms. The molecule has 2 unspecified atom stereocenters. The fourth-order valence-electron chi connectivity index (χ4n) is 7.83. The van der Waals surface area contributed by atoms with Crippen LogP contribution in [0.5, 0.6) is 0 Å². The number of carboxylic acids is 1. The number of carbonyl (C=O) groups is 3. The van der Waals surface area contributed by atoms with Gasteiger partial charge in [0.1, 0.15) is 13.2 Å². The molecule has 0 aromatic rings. The Hall–Kier alpha value is -1.97. The largest absolute Gasteiger partial charge is 0.545 e. The summed E-state index contributed by atoms with van der Waals surface area (Å²) in [5.74, 6) is -2.28. The molecule has 0 aromatic carbocycles. The summed E-state index contributed by atoms with van der Waals surface area (Å²) in [5, 5.41) is 11.7. The SMILES string of the molecule is CCCCC/C=C\CCCCCCCC(=O)OC(COC(=O)CCCCCCCCCCCCCCCCCCCCCCCCCCCC)COC(OCC[N+](C)(C)C)C(=O)[O-]. The molecule has 0 rings (SSSR count). The highest BCUT2D eigenvalue weighted by atomic mass is 16.7. The fourth-order valence-corrected chi connectivity index (χ4v) is 7.83. The molecule has 0 saturated carbocycles. The number of hydrogen-bond donors (Lipinski definition) is 0. The van der Waals surface area contributed by atoms with E-state index in [2.05, 4.69) is 26.0 Å². The molecular formula is C54H103NO8. The number of likely N-dealkylation sites (N-methyl/N-ethyl adjacent to an activating group) is 1. The van der Waals surface area contributed by atoms with Crippen LogP contribution in [0.4, 0.5) is 0 Å². The van der Waals surface area contributed by atoms with E-state index in [1.165, 1.54) is 173 Å². The van der Waals surface area contributed by atoms with Crippen molar-refractivity contribution in [1.29, 1.82) is 0 Å². The zero-order valence-electron chi connectivity index (χ0n) is 42.2. The van der Waals surface area contributed by atoms with Crippen molar-refractivity contribution < 1.29 is 42.9 Å². The first-order valence-electron chi connectivity index (χ1n) is 26.8. The molecule has 0 spiro atoms. The number of nitrogens with zero attached hydrogens (tertiary/aromatic N) is 1. The fraction of sp³-hybridized carbons (Fsp3) is 0.907. The van der Waals surface area contributed by atoms with Crippen LogP contribution in [0.15, 0.2) is 12.2 Å². The van der Waals surface area contributed by atoms with Gasteiger partial charge in [0.25, 0.3) is 0 Å². The molecule has 63 heavy (non-hydrogen) atoms. The van der Waals surface area contributed by atoms with Gasteiger partial charge in [0, 0.05) is 12.8 Å². The lowest BCUT2D eigenvalue weighted by atomic mass is 10.0. The van der Waals surface area contributed by atoms with Crippen LogP contribution in [-0.4, -0.2) is 82.3 Å². The molecule has 0 saturated heterocycles. The Balaban J connectivity index is 4.13. The van der Waals surface area contributed by atoms with Gasteiger partial charge < -0.3 is 33.3 Å². The number of allylic oxidation sites excluding steroid dienone is 2. The molecule has 0 bridgehead atoms. The van der Waals surface area contributed by atoms with E-state index in [0.717, 1.165) is 51.4 Å². The maximum Gasteiger partial charge on any atom is 0.306 e. The van der Waals surface area contributed by atoms with Gasteiger partial charge in [-0.15, -0.1) is 0 Å². The van der Waals surface area contributed by atoms with Gasteiger partial charge in [-0.05, 0) is 38.5 Å². The standard InChI is InChI=1S/C54H103NO8/c1-6-8-10-12-14-16-18-20-21-22-23-24-25-26-27-28-29-30-31-32-33-35-36-38-40-42-44-51(56)61-48-50(49-62-54(53(58)59)60-47-46-55(3,4)5)63-52(57)45-43-41-39-37-34-19-17-15-13-11-9-7-2/h15,17,50,54H,6-14,16,18-49H2,1-5H3/b17-15-. The third-order valence-electron chi connectivity index (χ3n) is 12.0. The minimum Gasteiger partial charge on any atom is -0.545 e. The number of esters is 2. The molecule has 0 aliphatic rings. The van der Waals surface area contributed by atoms with Crippen LogP contribution in [0.3, 0.4) is 0 Å². The van der Waals surface area contributed by atoms with Gasteiger partial charge in [0.15, 0.2) is 12.4 Å². The smallest absolute Gasteiger partial charge is 0.306 e. The molecule has 2 atom stereocenters. The van der Waals surface area contributed by atoms with E-state index in [9.17, 15) is 19.5 Å². The van der Waals surface area contributed by atoms with Gasteiger partial charge in [-0.25, -0.2) is 0 Å². The summed E-state index contributed by atoms with van der Waals surface area (Å²) in [4.78, 5) is 37.1. The average Bonchev–Trinajstić information content (AvgIpc) is 3.24. The second kappa shape index (κ2) is 46.6. The summed E-state index contributed by atoms with van der Waals surface area (Å²) in [6, 6.07) is 0. The number of ether oxygens (including phenoxy) is 4. The van der Waals surface area contributed by atoms with Crippen molar-refractivity contribution in [1.82, 2.24) is 0 Å². The van der Waals surface area contributed by atoms with Gasteiger partial charge >= 0.3 is 11.9 Å². The van der Waals surface area contributed by atoms with Crippen LogP contribution < -0.4 is 5.11 Å². The monoisotopic (exact) mass is 894 g/mol. The summed E-state index contributed by atoms with van der Waals surface area (Å²) in [6.07, 6.45) is 48.4. The highest BCUT2D eigenvalue weighted by molar-refractivity contribution is 5.70. The Morgan fingerprint density at radius 2 is 0.810 bits per heavy atom. The van der Waals surface area contributed by atoms with Gasteiger partial charge in [-0.1, -0.05) is 219 Å². The Morgan fingerprint density at radius 3 is 1.21 bits per heavy atom. The number of hydrogen-bond acceptors (Lipinski definition) is 8. The first-order valence-corrected chi connectivity index (χ1v) is 26.8. The van der Waals surface area contributed by atoms with Crippen LogP contribution in [0.2, 0.25) is 0 Å². The van der Waals surface area contributed by atoms with Crippen molar-refractivity contribution in [2.45, 2.75) is 270 Å². The summed E-state index contributed by atoms with van der Waals surface area (Å²) in [7, 11) is 5.92. The molecular weight excluding hydrogens is 791 g/mol. The van der Waals surface area contributed by atoms with Gasteiger partial charge in [-0.2, -0.15) is 0 Å². The number of quaternary nitrogens is 1. The summed E-state index contributed by atoms with van der Waals surface area (Å²) in [6.45, 7) is 4.75. The third kappa shape index (κ3) is 47.8. The number of rotatable bonds is 50. The van der Waals surface area contributed by atoms with Gasteiger partial charge in [0.2, 0.25) is 0 Å². The molecule has 0 aliphatic carbocycles. The maximum absolute atomic E-state index is 12.8. The number of unbranched alkanes of at least 4 members (excludes halogenated alkanes) is 33. The second-order valence-electron chi connectivity index (χ2n) is 19.5. The highest BCUT2D eigenvalue weighted by Gasteiger charge is 2.22. The normalized spacial score (nSPS) is 12.8. The summed E-state index contributed by atoms with van der Waals surface area (Å²) < 4.78 is 22.6. The van der Waals surface area contributed by atoms with Crippen LogP contribution in [0, 0.1) is 0 Å². The molecule has 0 aliphatic heterocycles. The Morgan fingerprint density at radius 1 is 0.460 bits per heavy atom. The minimum atomic E-state index is -1.62. The van der Waals surface area contributed by atoms with E-state index in [1.807, 2.05) is 21.1 Å². The van der Waals surface area contributed by atoms with Crippen molar-refractivity contribution >= 4 is 17.9 Å². The van der Waals surface area contributed by atoms with Crippen molar-refractivity contribution in [3.05, 3.63) is 12.2 Å². The van der Waals surface area contributed by atoms with Crippen LogP contribution in [0.1, 0.15) is 258 Å². The molecule has 0 N–H and O–H groups in total. The summed E-state index contributed by atoms with van der Waals surface area (Å²) >= 11 is 0. The summed E-state index contributed by atoms with van der Waals surface area (Å²) in [5.41, 5.74) is 0. The Bertz CT molecular complexity index is 1040. The van der Waals surface area contributed by atoms with E-state index in [0.29, 0.717) is 23.9 Å². The molecule has 0 fully saturated rings. The predicted molar refractivity (Wildman–Crippen MR) is 260 cm³/mol. The van der Waals surface area contributed by atoms with E-state index >= 15 is 0 Å². The third-order valence-corrected chi connectivity index (χ3v) is 12.0. The first-order chi connectivity index (χ1) is 30.6. The van der Waals surface area contributed by atoms with Crippen LogP contribution in [0.25, 0.3) is 0 Å². The zero-order valence-corrected chi connectivity index (χ0v) is 42.2. The molecule has 0 aromatic heterocycles. The molecule has 372 valence electrons. The van der Waals surface area contributed by atoms with E-state index in [4.69, 9.17) is 18.9 Å². The topological polar surface area (TPSA) is 111 Å². The maximum atomic E-state index is 12.8. The van der Waals surface area contributed by atoms with Crippen molar-refractivity contribution in [3.63, 3.8) is 0 Å². The van der Waals surface area contributed by atoms with E-state index < -0.39 is 24.3 Å². The molecule has 0 amide bonds. The van der Waals surface area contributed by atoms with Crippen molar-refractivity contribution in [2.75, 3.05) is 47.5 Å². The van der Waals surface area contributed by atoms with Gasteiger partial charge in [-0.3, -0.25) is 9.59 Å². The highest BCUT2D eigenvalue weighted by Crippen LogP contribution is 2.17. The Kier molecular flexibility index (Phi) is 45.1. The van der Waals surface area contributed by atoms with Crippen LogP contribution >= 0.6 is 0 Å². The number of carboxylic acid groups (broad SMARTS) is 1. The minimum absolute atomic E-state index is 0.149. The second-order valence-corrected chi connectivity index (χ2v) is 19.5. The Labute approximate surface area is 389 Å². The first kappa shape index (κ1) is 61.0. The van der Waals surface area contributed by atoms with Crippen molar-refractivity contribution in [2.24, 2.45) is 0 Å². The lowest BCUT2D eigenvalue weighted by Gasteiger charge is -2.26. The average molecular weight is 894 g/mol. The van der Waals surface area contributed by atoms with Gasteiger partial charge in [0.05, 0.1) is 40.3 Å². The lowest BCUT2D eigenvalue weighted by Crippen LogP contribution is -2.44. The molecule has 0 radical (unpaired) electrons. The van der Waals surface area contributed by atoms with Crippen molar-refractivity contribution in [3.8, 4) is 0 Å². The molecule has 9 nitrogen and oxygen atoms in total. The number of carbonyl (C=O) groups excluding carboxylic acids is 3. The quantitative estimate of drug-likeness (QED) is 0.0195. The lowest BCUT2D eigenvalue weighted by molar-refractivity contribution is -0.870. The van der Waals surface area contributed by atoms with E-state index in [-0.39, 0.29) is 32.2 Å². The van der Waals surface area contributed by atoms with Crippen LogP contribution in [-0.2, 0) is 33.3 Å². The zero-order chi connectivity index (χ0) is 46.3. The number of aliphatic carboxylic acids is 1. The predicted octanol–water partition coefficient (Wildman–Crippen LogP) is 13.7. The molecule has 0 heterocycles. The van der Waals surface area contributed by atoms with E-state index in [1.54, 1.807) is 0 Å².